The number of hydrogen-bond donors (Lipinski definition) is 3. The Morgan fingerprint density at radius 3 is 2.63 bits per heavy atom. The van der Waals surface area contributed by atoms with Crippen LogP contribution < -0.4 is 11.3 Å². The number of rotatable bonds is 3. The van der Waals surface area contributed by atoms with Crippen LogP contribution in [-0.4, -0.2) is 22.9 Å². The Kier molecular flexibility index (Phi) is 3.19. The number of hydrogen-bond acceptors (Lipinski definition) is 6. The molecule has 0 amide bonds. The first kappa shape index (κ1) is 13.0. The third-order valence-corrected chi connectivity index (χ3v) is 2.99. The van der Waals surface area contributed by atoms with E-state index in [1.807, 2.05) is 0 Å². The lowest BCUT2D eigenvalue weighted by atomic mass is 10.3. The number of nitrogens with one attached hydrogen (secondary N) is 1. The highest BCUT2D eigenvalue weighted by Crippen LogP contribution is 2.26. The molecule has 0 fully saturated rings. The summed E-state index contributed by atoms with van der Waals surface area (Å²) < 4.78 is 31.4. The van der Waals surface area contributed by atoms with E-state index in [0.717, 1.165) is 10.9 Å². The van der Waals surface area contributed by atoms with Crippen molar-refractivity contribution in [2.75, 3.05) is 5.73 Å². The molecule has 0 aliphatic rings. The fourth-order valence-electron chi connectivity index (χ4n) is 1.29. The van der Waals surface area contributed by atoms with E-state index in [2.05, 4.69) is 15.4 Å². The minimum Gasteiger partial charge on any atom is -0.399 e. The smallest absolute Gasteiger partial charge is 0.296 e. The van der Waals surface area contributed by atoms with Crippen LogP contribution in [0.2, 0.25) is 0 Å². The van der Waals surface area contributed by atoms with Crippen LogP contribution in [0.5, 0.6) is 0 Å². The molecule has 19 heavy (non-hydrogen) atoms. The van der Waals surface area contributed by atoms with Crippen molar-refractivity contribution in [3.63, 3.8) is 0 Å². The fraction of sp³-hybridized carbons (Fsp3) is 0. The summed E-state index contributed by atoms with van der Waals surface area (Å²) in [6, 6.07) is 4.96. The summed E-state index contributed by atoms with van der Waals surface area (Å²) in [5.74, 6) is 0. The largest absolute Gasteiger partial charge is 0.399 e. The van der Waals surface area contributed by atoms with Gasteiger partial charge in [-0.2, -0.15) is 13.2 Å². The van der Waals surface area contributed by atoms with E-state index in [4.69, 9.17) is 10.3 Å². The average molecular weight is 283 g/mol. The molecule has 1 aromatic heterocycles. The van der Waals surface area contributed by atoms with Crippen LogP contribution in [0, 0.1) is 0 Å². The first-order valence-electron chi connectivity index (χ1n) is 4.93. The van der Waals surface area contributed by atoms with E-state index in [-0.39, 0.29) is 16.9 Å². The number of nitrogens with two attached hydrogens (primary N) is 1. The quantitative estimate of drug-likeness (QED) is 0.428. The van der Waals surface area contributed by atoms with E-state index in [0.29, 0.717) is 0 Å². The van der Waals surface area contributed by atoms with E-state index >= 15 is 0 Å². The summed E-state index contributed by atoms with van der Waals surface area (Å²) in [7, 11) is -4.47. The molecule has 0 radical (unpaired) electrons. The third-order valence-electron chi connectivity index (χ3n) is 2.10. The van der Waals surface area contributed by atoms with Crippen LogP contribution in [0.3, 0.4) is 0 Å². The highest BCUT2D eigenvalue weighted by atomic mass is 32.2. The second-order valence-electron chi connectivity index (χ2n) is 3.53. The molecule has 2 aromatic rings. The van der Waals surface area contributed by atoms with Gasteiger partial charge >= 0.3 is 0 Å². The van der Waals surface area contributed by atoms with E-state index < -0.39 is 15.0 Å². The monoisotopic (exact) mass is 283 g/mol. The van der Waals surface area contributed by atoms with Crippen LogP contribution in [0.1, 0.15) is 0 Å². The molecule has 2 rings (SSSR count). The van der Waals surface area contributed by atoms with Crippen molar-refractivity contribution >= 4 is 21.5 Å². The van der Waals surface area contributed by atoms with Crippen molar-refractivity contribution in [3.05, 3.63) is 40.8 Å². The van der Waals surface area contributed by atoms with Crippen LogP contribution >= 0.6 is 0 Å². The number of H-pyrrole nitrogens is 1. The Morgan fingerprint density at radius 1 is 1.32 bits per heavy atom. The van der Waals surface area contributed by atoms with Crippen LogP contribution in [0.25, 0.3) is 0 Å². The molecule has 0 atom stereocenters. The van der Waals surface area contributed by atoms with Gasteiger partial charge in [0.05, 0.1) is 6.20 Å². The maximum Gasteiger partial charge on any atom is 0.296 e. The lowest BCUT2D eigenvalue weighted by Crippen LogP contribution is -2.01. The van der Waals surface area contributed by atoms with Gasteiger partial charge in [-0.25, -0.2) is 5.10 Å². The molecule has 0 aliphatic heterocycles. The van der Waals surface area contributed by atoms with Crippen molar-refractivity contribution in [2.24, 2.45) is 10.3 Å². The molecule has 10 heteroatoms. The Hall–Kier alpha value is -2.46. The van der Waals surface area contributed by atoms with Gasteiger partial charge in [0.25, 0.3) is 15.7 Å². The molecule has 4 N–H and O–H groups in total. The molecule has 0 aliphatic carbocycles. The van der Waals surface area contributed by atoms with Crippen molar-refractivity contribution in [2.45, 2.75) is 4.90 Å². The number of anilines is 1. The predicted octanol–water partition coefficient (Wildman–Crippen LogP) is 0.552. The lowest BCUT2D eigenvalue weighted by molar-refractivity contribution is 0.483. The number of nitrogens with zero attached hydrogens (tertiary/aromatic N) is 3. The van der Waals surface area contributed by atoms with Gasteiger partial charge in [-0.1, -0.05) is 0 Å². The highest BCUT2D eigenvalue weighted by Gasteiger charge is 2.15. The third kappa shape index (κ3) is 3.05. The van der Waals surface area contributed by atoms with Gasteiger partial charge in [0.1, 0.15) is 10.6 Å². The summed E-state index contributed by atoms with van der Waals surface area (Å²) >= 11 is 0. The standard InChI is InChI=1S/C9H9N5O4S/c10-6-1-2-7(8(5-6)19(16,17)18)11-13-14-4-3-9(15)12-14/h1-5H,10H2,(H,12,15)(H,16,17,18). The lowest BCUT2D eigenvalue weighted by Gasteiger charge is -2.02. The summed E-state index contributed by atoms with van der Waals surface area (Å²) in [6.45, 7) is 0. The predicted molar refractivity (Wildman–Crippen MR) is 65.6 cm³/mol. The topological polar surface area (TPSA) is 143 Å². The van der Waals surface area contributed by atoms with Crippen molar-refractivity contribution < 1.29 is 13.0 Å². The molecule has 9 nitrogen and oxygen atoms in total. The maximum absolute atomic E-state index is 11.2. The maximum atomic E-state index is 11.2. The molecule has 0 spiro atoms. The Labute approximate surface area is 107 Å². The average Bonchev–Trinajstić information content (AvgIpc) is 2.72. The highest BCUT2D eigenvalue weighted by molar-refractivity contribution is 7.86. The van der Waals surface area contributed by atoms with E-state index in [1.165, 1.54) is 24.4 Å². The number of nitrogen functional groups attached to an aromatic ring is 1. The molecule has 1 heterocycles. The van der Waals surface area contributed by atoms with Crippen LogP contribution in [0.4, 0.5) is 11.4 Å². The van der Waals surface area contributed by atoms with Crippen molar-refractivity contribution in [3.8, 4) is 0 Å². The van der Waals surface area contributed by atoms with Gasteiger partial charge in [0.2, 0.25) is 0 Å². The molecule has 0 saturated heterocycles. The Balaban J connectivity index is 2.46. The van der Waals surface area contributed by atoms with Gasteiger partial charge in [0.15, 0.2) is 0 Å². The summed E-state index contributed by atoms with van der Waals surface area (Å²) in [6.07, 6.45) is 1.30. The molecule has 1 aromatic carbocycles. The van der Waals surface area contributed by atoms with Crippen LogP contribution in [0.15, 0.2) is 50.5 Å². The molecule has 100 valence electrons. The SMILES string of the molecule is Nc1ccc(N=Nn2ccc(=O)[nH]2)c(S(=O)(=O)O)c1. The minimum absolute atomic E-state index is 0.105. The minimum atomic E-state index is -4.47. The first-order valence-corrected chi connectivity index (χ1v) is 6.37. The van der Waals surface area contributed by atoms with Gasteiger partial charge in [0, 0.05) is 11.8 Å². The number of benzene rings is 1. The first-order chi connectivity index (χ1) is 8.86. The molecule has 0 unspecified atom stereocenters. The van der Waals surface area contributed by atoms with Crippen LogP contribution in [-0.2, 0) is 10.1 Å². The Morgan fingerprint density at radius 2 is 2.05 bits per heavy atom. The van der Waals surface area contributed by atoms with Gasteiger partial charge in [-0.05, 0) is 23.4 Å². The normalized spacial score (nSPS) is 12.1. The molecule has 0 saturated carbocycles. The fourth-order valence-corrected chi connectivity index (χ4v) is 1.95. The summed E-state index contributed by atoms with van der Waals surface area (Å²) in [5, 5.41) is 9.47. The van der Waals surface area contributed by atoms with E-state index in [1.54, 1.807) is 0 Å². The van der Waals surface area contributed by atoms with Crippen molar-refractivity contribution in [1.29, 1.82) is 0 Å². The number of aromatic amines is 1. The van der Waals surface area contributed by atoms with Crippen molar-refractivity contribution in [1.82, 2.24) is 9.89 Å². The van der Waals surface area contributed by atoms with Gasteiger partial charge in [-0.3, -0.25) is 9.35 Å². The van der Waals surface area contributed by atoms with E-state index in [9.17, 15) is 13.2 Å². The molecule has 0 bridgehead atoms. The molecular weight excluding hydrogens is 274 g/mol. The zero-order valence-electron chi connectivity index (χ0n) is 9.39. The summed E-state index contributed by atoms with van der Waals surface area (Å²) in [5.41, 5.74) is 5.10. The summed E-state index contributed by atoms with van der Waals surface area (Å²) in [4.78, 5) is 11.4. The van der Waals surface area contributed by atoms with Gasteiger partial charge < -0.3 is 5.73 Å². The number of aromatic nitrogens is 2. The Bertz CT molecular complexity index is 789. The molecular formula is C9H9N5O4S. The second kappa shape index (κ2) is 4.66. The second-order valence-corrected chi connectivity index (χ2v) is 4.92. The zero-order valence-corrected chi connectivity index (χ0v) is 10.2. The zero-order chi connectivity index (χ0) is 14.0. The van der Waals surface area contributed by atoms with Gasteiger partial charge in [-0.15, -0.1) is 5.11 Å².